The molecular weight excluding hydrogens is 254 g/mol. The number of halogens is 1. The average Bonchev–Trinajstić information content (AvgIpc) is 2.36. The minimum Gasteiger partial charge on any atom is -0.484 e. The number of aliphatic hydroxyl groups excluding tert-OH is 1. The zero-order valence-corrected chi connectivity index (χ0v) is 11.6. The molecule has 0 aliphatic heterocycles. The molecule has 0 aromatic heterocycles. The average molecular weight is 272 g/mol. The minimum absolute atomic E-state index is 0.0679. The van der Waals surface area contributed by atoms with Gasteiger partial charge in [0.2, 0.25) is 0 Å². The maximum absolute atomic E-state index is 11.9. The molecule has 0 aliphatic carbocycles. The van der Waals surface area contributed by atoms with Crippen LogP contribution in [0.5, 0.6) is 5.75 Å². The van der Waals surface area contributed by atoms with Gasteiger partial charge in [-0.05, 0) is 38.1 Å². The highest BCUT2D eigenvalue weighted by molar-refractivity contribution is 6.30. The van der Waals surface area contributed by atoms with Crippen molar-refractivity contribution >= 4 is 17.5 Å². The van der Waals surface area contributed by atoms with Crippen LogP contribution in [-0.2, 0) is 4.79 Å². The summed E-state index contributed by atoms with van der Waals surface area (Å²) in [5, 5.41) is 9.80. The fourth-order valence-corrected chi connectivity index (χ4v) is 1.34. The third-order valence-electron chi connectivity index (χ3n) is 2.84. The number of aliphatic hydroxyl groups is 1. The lowest BCUT2D eigenvalue weighted by atomic mass is 10.1. The summed E-state index contributed by atoms with van der Waals surface area (Å²) in [6, 6.07) is 6.80. The van der Waals surface area contributed by atoms with Gasteiger partial charge in [-0.2, -0.15) is 0 Å². The Bertz CT molecular complexity index is 403. The highest BCUT2D eigenvalue weighted by Gasteiger charge is 2.26. The normalized spacial score (nSPS) is 11.2. The fourth-order valence-electron chi connectivity index (χ4n) is 1.22. The van der Waals surface area contributed by atoms with Crippen molar-refractivity contribution < 1.29 is 14.6 Å². The number of nitrogens with zero attached hydrogens (tertiary/aromatic N) is 1. The van der Waals surface area contributed by atoms with E-state index in [4.69, 9.17) is 16.3 Å². The van der Waals surface area contributed by atoms with Crippen LogP contribution in [0.15, 0.2) is 24.3 Å². The first-order valence-corrected chi connectivity index (χ1v) is 6.00. The van der Waals surface area contributed by atoms with E-state index < -0.39 is 5.54 Å². The maximum Gasteiger partial charge on any atom is 0.260 e. The molecule has 0 radical (unpaired) electrons. The Balaban J connectivity index is 2.53. The molecule has 0 unspecified atom stereocenters. The summed E-state index contributed by atoms with van der Waals surface area (Å²) < 4.78 is 5.35. The van der Waals surface area contributed by atoms with Crippen LogP contribution in [0.25, 0.3) is 0 Å². The second-order valence-electron chi connectivity index (χ2n) is 4.67. The smallest absolute Gasteiger partial charge is 0.260 e. The van der Waals surface area contributed by atoms with E-state index in [2.05, 4.69) is 0 Å². The summed E-state index contributed by atoms with van der Waals surface area (Å²) in [7, 11) is 1.64. The molecule has 0 fully saturated rings. The lowest BCUT2D eigenvalue weighted by Crippen LogP contribution is -2.49. The van der Waals surface area contributed by atoms with Gasteiger partial charge >= 0.3 is 0 Å². The molecule has 18 heavy (non-hydrogen) atoms. The molecule has 0 heterocycles. The minimum atomic E-state index is -0.597. The van der Waals surface area contributed by atoms with Crippen molar-refractivity contribution in [3.63, 3.8) is 0 Å². The Kier molecular flexibility index (Phi) is 4.99. The Hall–Kier alpha value is -1.26. The number of benzene rings is 1. The van der Waals surface area contributed by atoms with Crippen molar-refractivity contribution in [1.29, 1.82) is 0 Å². The van der Waals surface area contributed by atoms with Gasteiger partial charge in [0.15, 0.2) is 6.61 Å². The zero-order valence-electron chi connectivity index (χ0n) is 10.8. The maximum atomic E-state index is 11.9. The number of likely N-dealkylation sites (N-methyl/N-ethyl adjacent to an activating group) is 1. The van der Waals surface area contributed by atoms with Crippen LogP contribution in [0.3, 0.4) is 0 Å². The second-order valence-corrected chi connectivity index (χ2v) is 5.10. The van der Waals surface area contributed by atoms with Crippen LogP contribution in [0.2, 0.25) is 5.02 Å². The van der Waals surface area contributed by atoms with Crippen LogP contribution in [-0.4, -0.2) is 41.7 Å². The highest BCUT2D eigenvalue weighted by atomic mass is 35.5. The molecule has 100 valence electrons. The monoisotopic (exact) mass is 271 g/mol. The summed E-state index contributed by atoms with van der Waals surface area (Å²) in [6.45, 7) is 3.40. The predicted octanol–water partition coefficient (Wildman–Crippen LogP) is 1.95. The van der Waals surface area contributed by atoms with Crippen molar-refractivity contribution in [1.82, 2.24) is 4.90 Å². The Morgan fingerprint density at radius 1 is 1.39 bits per heavy atom. The van der Waals surface area contributed by atoms with E-state index in [0.29, 0.717) is 10.8 Å². The van der Waals surface area contributed by atoms with E-state index in [0.717, 1.165) is 0 Å². The van der Waals surface area contributed by atoms with E-state index in [1.807, 2.05) is 0 Å². The van der Waals surface area contributed by atoms with Crippen LogP contribution in [0.1, 0.15) is 13.8 Å². The molecular formula is C13H18ClNO3. The topological polar surface area (TPSA) is 49.8 Å². The van der Waals surface area contributed by atoms with Crippen LogP contribution in [0, 0.1) is 0 Å². The number of rotatable bonds is 5. The summed E-state index contributed by atoms with van der Waals surface area (Å²) in [5.74, 6) is 0.395. The third kappa shape index (κ3) is 3.89. The number of carbonyl (C=O) groups is 1. The highest BCUT2D eigenvalue weighted by Crippen LogP contribution is 2.16. The molecule has 1 aromatic rings. The lowest BCUT2D eigenvalue weighted by molar-refractivity contribution is -0.138. The van der Waals surface area contributed by atoms with E-state index in [-0.39, 0.29) is 19.1 Å². The quantitative estimate of drug-likeness (QED) is 0.891. The molecule has 1 rings (SSSR count). The summed E-state index contributed by atoms with van der Waals surface area (Å²) in [5.41, 5.74) is -0.597. The molecule has 0 aliphatic rings. The van der Waals surface area contributed by atoms with Gasteiger partial charge in [-0.1, -0.05) is 11.6 Å². The molecule has 4 nitrogen and oxygen atoms in total. The number of ether oxygens (including phenoxy) is 1. The molecule has 1 amide bonds. The van der Waals surface area contributed by atoms with Gasteiger partial charge in [-0.3, -0.25) is 4.79 Å². The SMILES string of the molecule is CN(C(=O)COc1ccc(Cl)cc1)C(C)(C)CO. The fraction of sp³-hybridized carbons (Fsp3) is 0.462. The zero-order chi connectivity index (χ0) is 13.8. The summed E-state index contributed by atoms with van der Waals surface area (Å²) in [4.78, 5) is 13.3. The number of hydrogen-bond acceptors (Lipinski definition) is 3. The van der Waals surface area contributed by atoms with Gasteiger partial charge in [0, 0.05) is 12.1 Å². The molecule has 1 N–H and O–H groups in total. The Labute approximate surface area is 112 Å². The summed E-state index contributed by atoms with van der Waals surface area (Å²) >= 11 is 5.74. The number of amides is 1. The molecule has 5 heteroatoms. The van der Waals surface area contributed by atoms with Gasteiger partial charge in [-0.15, -0.1) is 0 Å². The van der Waals surface area contributed by atoms with Crippen LogP contribution >= 0.6 is 11.6 Å². The van der Waals surface area contributed by atoms with Gasteiger partial charge in [-0.25, -0.2) is 0 Å². The molecule has 0 saturated carbocycles. The molecule has 1 aromatic carbocycles. The van der Waals surface area contributed by atoms with Gasteiger partial charge in [0.1, 0.15) is 5.75 Å². The Morgan fingerprint density at radius 2 is 1.94 bits per heavy atom. The van der Waals surface area contributed by atoms with Crippen molar-refractivity contribution in [2.45, 2.75) is 19.4 Å². The second kappa shape index (κ2) is 6.07. The van der Waals surface area contributed by atoms with Crippen molar-refractivity contribution in [3.8, 4) is 5.75 Å². The lowest BCUT2D eigenvalue weighted by Gasteiger charge is -2.33. The molecule has 0 spiro atoms. The van der Waals surface area contributed by atoms with E-state index in [1.54, 1.807) is 45.2 Å². The van der Waals surface area contributed by atoms with Gasteiger partial charge < -0.3 is 14.7 Å². The first-order chi connectivity index (χ1) is 8.36. The number of carbonyl (C=O) groups excluding carboxylic acids is 1. The van der Waals surface area contributed by atoms with Crippen molar-refractivity contribution in [2.24, 2.45) is 0 Å². The first kappa shape index (κ1) is 14.8. The van der Waals surface area contributed by atoms with E-state index in [9.17, 15) is 9.90 Å². The van der Waals surface area contributed by atoms with Gasteiger partial charge in [0.25, 0.3) is 5.91 Å². The molecule has 0 saturated heterocycles. The van der Waals surface area contributed by atoms with Crippen molar-refractivity contribution in [2.75, 3.05) is 20.3 Å². The summed E-state index contributed by atoms with van der Waals surface area (Å²) in [6.07, 6.45) is 0. The molecule has 0 bridgehead atoms. The standard InChI is InChI=1S/C13H18ClNO3/c1-13(2,9-16)15(3)12(17)8-18-11-6-4-10(14)5-7-11/h4-7,16H,8-9H2,1-3H3. The molecule has 0 atom stereocenters. The number of hydrogen-bond donors (Lipinski definition) is 1. The third-order valence-corrected chi connectivity index (χ3v) is 3.10. The van der Waals surface area contributed by atoms with E-state index in [1.165, 1.54) is 4.90 Å². The van der Waals surface area contributed by atoms with E-state index >= 15 is 0 Å². The van der Waals surface area contributed by atoms with Crippen LogP contribution in [0.4, 0.5) is 0 Å². The largest absolute Gasteiger partial charge is 0.484 e. The van der Waals surface area contributed by atoms with Gasteiger partial charge in [0.05, 0.1) is 12.1 Å². The first-order valence-electron chi connectivity index (χ1n) is 5.63. The van der Waals surface area contributed by atoms with Crippen LogP contribution < -0.4 is 4.74 Å². The van der Waals surface area contributed by atoms with Crippen molar-refractivity contribution in [3.05, 3.63) is 29.3 Å². The Morgan fingerprint density at radius 3 is 2.44 bits per heavy atom. The predicted molar refractivity (Wildman–Crippen MR) is 70.9 cm³/mol.